The molecule has 4 saturated carbocycles. The summed E-state index contributed by atoms with van der Waals surface area (Å²) in [6.45, 7) is 0. The van der Waals surface area contributed by atoms with Crippen molar-refractivity contribution in [3.05, 3.63) is 11.9 Å². The summed E-state index contributed by atoms with van der Waals surface area (Å²) in [6.07, 6.45) is 10.2. The molecule has 5 rings (SSSR count). The number of aliphatic carboxylic acids is 1. The Morgan fingerprint density at radius 1 is 1.20 bits per heavy atom. The molecule has 106 valence electrons. The van der Waals surface area contributed by atoms with Gasteiger partial charge < -0.3 is 5.11 Å². The zero-order chi connectivity index (χ0) is 13.7. The summed E-state index contributed by atoms with van der Waals surface area (Å²) in [5.41, 5.74) is 0.0381. The van der Waals surface area contributed by atoms with E-state index in [2.05, 4.69) is 15.5 Å². The zero-order valence-corrected chi connectivity index (χ0v) is 11.3. The van der Waals surface area contributed by atoms with Crippen molar-refractivity contribution in [2.24, 2.45) is 17.8 Å². The maximum absolute atomic E-state index is 10.7. The molecule has 0 aromatic carbocycles. The smallest absolute Gasteiger partial charge is 0.328 e. The van der Waals surface area contributed by atoms with Gasteiger partial charge in [-0.1, -0.05) is 0 Å². The number of carboxylic acids is 1. The maximum Gasteiger partial charge on any atom is 0.328 e. The van der Waals surface area contributed by atoms with E-state index < -0.39 is 5.97 Å². The lowest BCUT2D eigenvalue weighted by Gasteiger charge is -2.56. The van der Waals surface area contributed by atoms with Crippen LogP contribution in [0.3, 0.4) is 0 Å². The van der Waals surface area contributed by atoms with Gasteiger partial charge >= 0.3 is 5.97 Å². The number of carboxylic acid groups (broad SMARTS) is 1. The summed E-state index contributed by atoms with van der Waals surface area (Å²) < 4.78 is 1.91. The molecule has 1 aromatic rings. The molecule has 0 spiro atoms. The van der Waals surface area contributed by atoms with Gasteiger partial charge in [0, 0.05) is 6.08 Å². The Balaban J connectivity index is 1.71. The predicted octanol–water partition coefficient (Wildman–Crippen LogP) is 1.70. The SMILES string of the molecule is O=C(O)/C=C/c1nnnn1C12CC3CC(CC(C3)C1)C2. The van der Waals surface area contributed by atoms with Gasteiger partial charge in [-0.25, -0.2) is 9.48 Å². The number of hydrogen-bond donors (Lipinski definition) is 1. The third-order valence-electron chi connectivity index (χ3n) is 5.32. The van der Waals surface area contributed by atoms with Crippen LogP contribution in [0.5, 0.6) is 0 Å². The molecular weight excluding hydrogens is 256 g/mol. The first-order chi connectivity index (χ1) is 9.64. The second-order valence-corrected chi connectivity index (χ2v) is 6.76. The fraction of sp³-hybridized carbons (Fsp3) is 0.714. The summed E-state index contributed by atoms with van der Waals surface area (Å²) in [6, 6.07) is 0. The highest BCUT2D eigenvalue weighted by Crippen LogP contribution is 2.58. The molecule has 20 heavy (non-hydrogen) atoms. The first-order valence-corrected chi connectivity index (χ1v) is 7.34. The lowest BCUT2D eigenvalue weighted by molar-refractivity contribution is -0.131. The molecule has 0 saturated heterocycles. The lowest BCUT2D eigenvalue weighted by Crippen LogP contribution is -2.52. The van der Waals surface area contributed by atoms with Gasteiger partial charge in [0.2, 0.25) is 0 Å². The minimum Gasteiger partial charge on any atom is -0.478 e. The molecule has 1 heterocycles. The third kappa shape index (κ3) is 1.77. The first-order valence-electron chi connectivity index (χ1n) is 7.34. The number of nitrogens with zero attached hydrogens (tertiary/aromatic N) is 4. The van der Waals surface area contributed by atoms with Gasteiger partial charge in [-0.05, 0) is 72.8 Å². The molecule has 1 N–H and O–H groups in total. The van der Waals surface area contributed by atoms with E-state index in [4.69, 9.17) is 5.11 Å². The van der Waals surface area contributed by atoms with Crippen LogP contribution in [0, 0.1) is 17.8 Å². The van der Waals surface area contributed by atoms with E-state index in [-0.39, 0.29) is 5.54 Å². The molecule has 4 bridgehead atoms. The fourth-order valence-corrected chi connectivity index (χ4v) is 5.11. The summed E-state index contributed by atoms with van der Waals surface area (Å²) in [7, 11) is 0. The van der Waals surface area contributed by atoms with Gasteiger partial charge in [-0.2, -0.15) is 0 Å². The highest BCUT2D eigenvalue weighted by molar-refractivity contribution is 5.84. The normalized spacial score (nSPS) is 38.7. The van der Waals surface area contributed by atoms with Gasteiger partial charge in [0.25, 0.3) is 0 Å². The number of tetrazole rings is 1. The molecule has 6 nitrogen and oxygen atoms in total. The second kappa shape index (κ2) is 4.14. The monoisotopic (exact) mass is 274 g/mol. The predicted molar refractivity (Wildman–Crippen MR) is 70.6 cm³/mol. The minimum atomic E-state index is -0.968. The van der Waals surface area contributed by atoms with Crippen LogP contribution < -0.4 is 0 Å². The molecule has 0 amide bonds. The summed E-state index contributed by atoms with van der Waals surface area (Å²) >= 11 is 0. The Labute approximate surface area is 116 Å². The van der Waals surface area contributed by atoms with Gasteiger partial charge in [0.1, 0.15) is 0 Å². The summed E-state index contributed by atoms with van der Waals surface area (Å²) in [5.74, 6) is 2.03. The van der Waals surface area contributed by atoms with E-state index in [1.165, 1.54) is 25.3 Å². The Morgan fingerprint density at radius 2 is 1.80 bits per heavy atom. The lowest BCUT2D eigenvalue weighted by atomic mass is 9.53. The number of rotatable bonds is 3. The van der Waals surface area contributed by atoms with E-state index in [1.54, 1.807) is 0 Å². The van der Waals surface area contributed by atoms with Gasteiger partial charge in [0.15, 0.2) is 5.82 Å². The molecule has 1 aromatic heterocycles. The standard InChI is InChI=1S/C14H18N4O2/c19-13(20)2-1-12-15-16-17-18(12)14-6-9-3-10(7-14)5-11(4-9)8-14/h1-2,9-11H,3-8H2,(H,19,20)/b2-1+. The van der Waals surface area contributed by atoms with Gasteiger partial charge in [-0.15, -0.1) is 5.10 Å². The van der Waals surface area contributed by atoms with Crippen molar-refractivity contribution in [3.8, 4) is 0 Å². The van der Waals surface area contributed by atoms with Crippen molar-refractivity contribution < 1.29 is 9.90 Å². The molecule has 0 unspecified atom stereocenters. The molecule has 0 aliphatic heterocycles. The van der Waals surface area contributed by atoms with E-state index in [9.17, 15) is 4.79 Å². The van der Waals surface area contributed by atoms with E-state index >= 15 is 0 Å². The zero-order valence-electron chi connectivity index (χ0n) is 11.3. The number of hydrogen-bond acceptors (Lipinski definition) is 4. The third-order valence-corrected chi connectivity index (χ3v) is 5.32. The van der Waals surface area contributed by atoms with Crippen molar-refractivity contribution >= 4 is 12.0 Å². The van der Waals surface area contributed by atoms with Crippen LogP contribution in [-0.2, 0) is 10.3 Å². The van der Waals surface area contributed by atoms with Crippen LogP contribution in [0.4, 0.5) is 0 Å². The molecule has 0 atom stereocenters. The quantitative estimate of drug-likeness (QED) is 0.848. The maximum atomic E-state index is 10.7. The Morgan fingerprint density at radius 3 is 2.35 bits per heavy atom. The molecule has 4 aliphatic carbocycles. The van der Waals surface area contributed by atoms with Crippen molar-refractivity contribution in [3.63, 3.8) is 0 Å². The summed E-state index contributed by atoms with van der Waals surface area (Å²) in [4.78, 5) is 10.7. The average Bonchev–Trinajstić information content (AvgIpc) is 2.83. The first kappa shape index (κ1) is 12.1. The van der Waals surface area contributed by atoms with Crippen LogP contribution in [0.1, 0.15) is 44.3 Å². The van der Waals surface area contributed by atoms with Gasteiger partial charge in [-0.3, -0.25) is 0 Å². The van der Waals surface area contributed by atoms with Crippen LogP contribution >= 0.6 is 0 Å². The van der Waals surface area contributed by atoms with E-state index in [0.717, 1.165) is 43.1 Å². The number of carbonyl (C=O) groups is 1. The second-order valence-electron chi connectivity index (χ2n) is 6.76. The highest BCUT2D eigenvalue weighted by atomic mass is 16.4. The Hall–Kier alpha value is -1.72. The Bertz CT molecular complexity index is 542. The van der Waals surface area contributed by atoms with Crippen LogP contribution in [-0.4, -0.2) is 31.3 Å². The average molecular weight is 274 g/mol. The van der Waals surface area contributed by atoms with Crippen molar-refractivity contribution in [2.45, 2.75) is 44.1 Å². The van der Waals surface area contributed by atoms with E-state index in [0.29, 0.717) is 5.82 Å². The largest absolute Gasteiger partial charge is 0.478 e. The van der Waals surface area contributed by atoms with Crippen LogP contribution in [0.25, 0.3) is 6.08 Å². The molecule has 4 fully saturated rings. The van der Waals surface area contributed by atoms with Gasteiger partial charge in [0.05, 0.1) is 5.54 Å². The Kier molecular flexibility index (Phi) is 2.49. The van der Waals surface area contributed by atoms with Crippen LogP contribution in [0.2, 0.25) is 0 Å². The van der Waals surface area contributed by atoms with Crippen LogP contribution in [0.15, 0.2) is 6.08 Å². The molecule has 6 heteroatoms. The topological polar surface area (TPSA) is 80.9 Å². The summed E-state index contributed by atoms with van der Waals surface area (Å²) in [5, 5.41) is 20.7. The molecular formula is C14H18N4O2. The van der Waals surface area contributed by atoms with Crippen molar-refractivity contribution in [1.82, 2.24) is 20.2 Å². The fourth-order valence-electron chi connectivity index (χ4n) is 5.11. The van der Waals surface area contributed by atoms with E-state index in [1.807, 2.05) is 4.68 Å². The van der Waals surface area contributed by atoms with Crippen molar-refractivity contribution in [2.75, 3.05) is 0 Å². The minimum absolute atomic E-state index is 0.0381. The molecule has 4 aliphatic rings. The molecule has 0 radical (unpaired) electrons. The van der Waals surface area contributed by atoms with Crippen molar-refractivity contribution in [1.29, 1.82) is 0 Å². The number of aromatic nitrogens is 4. The highest BCUT2D eigenvalue weighted by Gasteiger charge is 2.53.